The first-order valence-corrected chi connectivity index (χ1v) is 8.25. The number of H-pyrrole nitrogens is 2. The molecule has 2 atom stereocenters. The summed E-state index contributed by atoms with van der Waals surface area (Å²) in [5, 5.41) is 0. The molecule has 4 saturated carbocycles. The molecule has 4 nitrogen and oxygen atoms in total. The van der Waals surface area contributed by atoms with E-state index >= 15 is 0 Å². The Bertz CT molecular complexity index is 671. The van der Waals surface area contributed by atoms with Crippen molar-refractivity contribution in [2.24, 2.45) is 23.2 Å². The van der Waals surface area contributed by atoms with E-state index in [1.165, 1.54) is 19.3 Å². The summed E-state index contributed by atoms with van der Waals surface area (Å²) in [6.45, 7) is 4.69. The fraction of sp³-hybridized carbons (Fsp3) is 0.765. The Morgan fingerprint density at radius 3 is 2.38 bits per heavy atom. The maximum absolute atomic E-state index is 12.4. The van der Waals surface area contributed by atoms with Crippen LogP contribution in [0.3, 0.4) is 0 Å². The van der Waals surface area contributed by atoms with Crippen LogP contribution in [0.5, 0.6) is 0 Å². The molecule has 2 unspecified atom stereocenters. The van der Waals surface area contributed by atoms with E-state index in [1.807, 2.05) is 0 Å². The van der Waals surface area contributed by atoms with Crippen LogP contribution in [0.1, 0.15) is 57.9 Å². The predicted molar refractivity (Wildman–Crippen MR) is 81.3 cm³/mol. The second-order valence-electron chi connectivity index (χ2n) is 8.24. The standard InChI is InChI=1S/C17H24N2O2/c1-10(2)16-4-11-3-12(5-16)7-17(6-11,9-16)13-8-18-15(21)19-14(13)20/h8,10-12H,3-7,9H2,1-2H3,(H2,18,19,20,21). The van der Waals surface area contributed by atoms with Crippen molar-refractivity contribution < 1.29 is 0 Å². The Labute approximate surface area is 124 Å². The quantitative estimate of drug-likeness (QED) is 0.878. The van der Waals surface area contributed by atoms with Gasteiger partial charge >= 0.3 is 5.69 Å². The molecule has 4 aliphatic carbocycles. The molecule has 4 heteroatoms. The van der Waals surface area contributed by atoms with E-state index in [4.69, 9.17) is 0 Å². The number of hydrogen-bond acceptors (Lipinski definition) is 2. The van der Waals surface area contributed by atoms with Crippen LogP contribution in [-0.4, -0.2) is 9.97 Å². The third-order valence-corrected chi connectivity index (χ3v) is 6.72. The van der Waals surface area contributed by atoms with Crippen molar-refractivity contribution in [3.8, 4) is 0 Å². The fourth-order valence-electron chi connectivity index (χ4n) is 6.13. The topological polar surface area (TPSA) is 65.7 Å². The lowest BCUT2D eigenvalue weighted by Gasteiger charge is -2.63. The molecule has 21 heavy (non-hydrogen) atoms. The van der Waals surface area contributed by atoms with E-state index in [9.17, 15) is 9.59 Å². The molecule has 0 aromatic carbocycles. The maximum atomic E-state index is 12.4. The number of rotatable bonds is 2. The zero-order valence-electron chi connectivity index (χ0n) is 12.9. The van der Waals surface area contributed by atoms with Gasteiger partial charge in [0.2, 0.25) is 0 Å². The minimum atomic E-state index is -0.396. The monoisotopic (exact) mass is 288 g/mol. The van der Waals surface area contributed by atoms with Gasteiger partial charge in [-0.3, -0.25) is 9.78 Å². The number of aromatic amines is 2. The molecule has 114 valence electrons. The van der Waals surface area contributed by atoms with Gasteiger partial charge in [0, 0.05) is 17.2 Å². The Hall–Kier alpha value is -1.32. The van der Waals surface area contributed by atoms with E-state index in [0.717, 1.165) is 36.7 Å². The summed E-state index contributed by atoms with van der Waals surface area (Å²) in [6, 6.07) is 0. The lowest BCUT2D eigenvalue weighted by molar-refractivity contribution is -0.0966. The van der Waals surface area contributed by atoms with Crippen LogP contribution in [-0.2, 0) is 5.41 Å². The Kier molecular flexibility index (Phi) is 2.61. The van der Waals surface area contributed by atoms with E-state index in [0.29, 0.717) is 11.3 Å². The van der Waals surface area contributed by atoms with Gasteiger partial charge in [-0.25, -0.2) is 4.79 Å². The van der Waals surface area contributed by atoms with Gasteiger partial charge in [-0.15, -0.1) is 0 Å². The lowest BCUT2D eigenvalue weighted by atomic mass is 9.41. The summed E-state index contributed by atoms with van der Waals surface area (Å²) >= 11 is 0. The minimum absolute atomic E-state index is 0.00609. The Balaban J connectivity index is 1.84. The van der Waals surface area contributed by atoms with Crippen LogP contribution >= 0.6 is 0 Å². The van der Waals surface area contributed by atoms with Gasteiger partial charge in [0.1, 0.15) is 0 Å². The van der Waals surface area contributed by atoms with Gasteiger partial charge in [-0.1, -0.05) is 13.8 Å². The van der Waals surface area contributed by atoms with Crippen molar-refractivity contribution in [1.29, 1.82) is 0 Å². The van der Waals surface area contributed by atoms with Crippen LogP contribution in [0.15, 0.2) is 15.8 Å². The smallest absolute Gasteiger partial charge is 0.314 e. The van der Waals surface area contributed by atoms with Crippen molar-refractivity contribution in [2.75, 3.05) is 0 Å². The van der Waals surface area contributed by atoms with Gasteiger partial charge in [-0.05, 0) is 61.7 Å². The van der Waals surface area contributed by atoms with Crippen LogP contribution < -0.4 is 11.2 Å². The normalized spacial score (nSPS) is 40.9. The second-order valence-corrected chi connectivity index (χ2v) is 8.24. The third kappa shape index (κ3) is 1.80. The van der Waals surface area contributed by atoms with Crippen LogP contribution in [0.4, 0.5) is 0 Å². The summed E-state index contributed by atoms with van der Waals surface area (Å²) in [6.07, 6.45) is 9.11. The summed E-state index contributed by atoms with van der Waals surface area (Å²) < 4.78 is 0. The highest BCUT2D eigenvalue weighted by Gasteiger charge is 2.59. The number of hydrogen-bond donors (Lipinski definition) is 2. The fourth-order valence-corrected chi connectivity index (χ4v) is 6.13. The molecule has 1 aromatic rings. The van der Waals surface area contributed by atoms with E-state index < -0.39 is 5.69 Å². The highest BCUT2D eigenvalue weighted by atomic mass is 16.2. The number of nitrogens with one attached hydrogen (secondary N) is 2. The largest absolute Gasteiger partial charge is 0.325 e. The van der Waals surface area contributed by atoms with Crippen molar-refractivity contribution >= 4 is 0 Å². The molecule has 4 aliphatic rings. The molecular formula is C17H24N2O2. The van der Waals surface area contributed by atoms with Gasteiger partial charge in [0.05, 0.1) is 0 Å². The predicted octanol–water partition coefficient (Wildman–Crippen LogP) is 2.56. The molecule has 1 heterocycles. The molecule has 0 amide bonds. The lowest BCUT2D eigenvalue weighted by Crippen LogP contribution is -2.57. The SMILES string of the molecule is CC(C)C12CC3CC(CC(c4c[nH]c(=O)[nH]c4=O)(C3)C1)C2. The molecule has 1 aromatic heterocycles. The maximum Gasteiger partial charge on any atom is 0.325 e. The third-order valence-electron chi connectivity index (χ3n) is 6.72. The average molecular weight is 288 g/mol. The highest BCUT2D eigenvalue weighted by Crippen LogP contribution is 2.67. The van der Waals surface area contributed by atoms with Crippen molar-refractivity contribution in [3.63, 3.8) is 0 Å². The van der Waals surface area contributed by atoms with Gasteiger partial charge in [0.25, 0.3) is 5.56 Å². The van der Waals surface area contributed by atoms with Crippen LogP contribution in [0.2, 0.25) is 0 Å². The number of aromatic nitrogens is 2. The summed E-state index contributed by atoms with van der Waals surface area (Å²) in [5.74, 6) is 2.20. The first-order chi connectivity index (χ1) is 9.92. The molecular weight excluding hydrogens is 264 g/mol. The highest BCUT2D eigenvalue weighted by molar-refractivity contribution is 5.26. The van der Waals surface area contributed by atoms with Crippen LogP contribution in [0, 0.1) is 23.2 Å². The van der Waals surface area contributed by atoms with E-state index in [1.54, 1.807) is 6.20 Å². The summed E-state index contributed by atoms with van der Waals surface area (Å²) in [5.41, 5.74) is 0.687. The summed E-state index contributed by atoms with van der Waals surface area (Å²) in [7, 11) is 0. The van der Waals surface area contributed by atoms with Crippen LogP contribution in [0.25, 0.3) is 0 Å². The molecule has 5 rings (SSSR count). The van der Waals surface area contributed by atoms with Crippen molar-refractivity contribution in [3.05, 3.63) is 32.6 Å². The Morgan fingerprint density at radius 1 is 1.14 bits per heavy atom. The molecule has 2 N–H and O–H groups in total. The zero-order chi connectivity index (χ0) is 14.8. The molecule has 0 spiro atoms. The van der Waals surface area contributed by atoms with Gasteiger partial charge < -0.3 is 4.98 Å². The van der Waals surface area contributed by atoms with Gasteiger partial charge in [-0.2, -0.15) is 0 Å². The van der Waals surface area contributed by atoms with E-state index in [-0.39, 0.29) is 11.0 Å². The minimum Gasteiger partial charge on any atom is -0.314 e. The molecule has 0 radical (unpaired) electrons. The average Bonchev–Trinajstić information content (AvgIpc) is 2.36. The molecule has 0 saturated heterocycles. The molecule has 0 aliphatic heterocycles. The second kappa shape index (κ2) is 4.11. The first-order valence-electron chi connectivity index (χ1n) is 8.25. The van der Waals surface area contributed by atoms with Gasteiger partial charge in [0.15, 0.2) is 0 Å². The summed E-state index contributed by atoms with van der Waals surface area (Å²) in [4.78, 5) is 28.8. The first kappa shape index (κ1) is 13.4. The zero-order valence-corrected chi connectivity index (χ0v) is 12.9. The van der Waals surface area contributed by atoms with E-state index in [2.05, 4.69) is 23.8 Å². The Morgan fingerprint density at radius 2 is 1.81 bits per heavy atom. The molecule has 4 bridgehead atoms. The molecule has 4 fully saturated rings. The van der Waals surface area contributed by atoms with Crippen molar-refractivity contribution in [2.45, 2.75) is 57.8 Å². The van der Waals surface area contributed by atoms with Crippen molar-refractivity contribution in [1.82, 2.24) is 9.97 Å².